The first-order valence-corrected chi connectivity index (χ1v) is 10.5. The van der Waals surface area contributed by atoms with E-state index in [2.05, 4.69) is 43.2 Å². The van der Waals surface area contributed by atoms with Gasteiger partial charge in [-0.2, -0.15) is 5.10 Å². The SMILES string of the molecule is C=C(C)Cn1c(SCC(=O)N/N=C(\C)c2ccco2)nnc1-c1ccc(Br)cc1. The molecule has 3 aromatic rings. The average molecular weight is 474 g/mol. The third-order valence-corrected chi connectivity index (χ3v) is 5.30. The van der Waals surface area contributed by atoms with Gasteiger partial charge in [-0.05, 0) is 38.1 Å². The zero-order valence-corrected chi connectivity index (χ0v) is 18.5. The number of benzene rings is 1. The molecule has 2 aromatic heterocycles. The van der Waals surface area contributed by atoms with Crippen molar-refractivity contribution in [2.45, 2.75) is 25.5 Å². The topological polar surface area (TPSA) is 85.3 Å². The predicted octanol–water partition coefficient (Wildman–Crippen LogP) is 4.51. The number of nitrogens with zero attached hydrogens (tertiary/aromatic N) is 4. The van der Waals surface area contributed by atoms with Crippen LogP contribution in [0.1, 0.15) is 19.6 Å². The normalized spacial score (nSPS) is 11.5. The van der Waals surface area contributed by atoms with Crippen LogP contribution in [-0.2, 0) is 11.3 Å². The second-order valence-electron chi connectivity index (χ2n) is 6.35. The molecule has 0 atom stereocenters. The van der Waals surface area contributed by atoms with Crippen LogP contribution < -0.4 is 5.43 Å². The van der Waals surface area contributed by atoms with Crippen LogP contribution in [0.25, 0.3) is 11.4 Å². The third-order valence-electron chi connectivity index (χ3n) is 3.81. The van der Waals surface area contributed by atoms with Crippen LogP contribution in [0.15, 0.2) is 74.0 Å². The van der Waals surface area contributed by atoms with Crippen molar-refractivity contribution >= 4 is 39.3 Å². The van der Waals surface area contributed by atoms with Crippen molar-refractivity contribution in [3.63, 3.8) is 0 Å². The quantitative estimate of drug-likeness (QED) is 0.225. The largest absolute Gasteiger partial charge is 0.463 e. The molecule has 7 nitrogen and oxygen atoms in total. The van der Waals surface area contributed by atoms with Gasteiger partial charge in [0.25, 0.3) is 5.91 Å². The number of halogens is 1. The molecule has 0 aliphatic heterocycles. The summed E-state index contributed by atoms with van der Waals surface area (Å²) >= 11 is 4.74. The van der Waals surface area contributed by atoms with Gasteiger partial charge < -0.3 is 4.42 Å². The van der Waals surface area contributed by atoms with E-state index < -0.39 is 0 Å². The molecule has 29 heavy (non-hydrogen) atoms. The number of hydrogen-bond acceptors (Lipinski definition) is 6. The molecular weight excluding hydrogens is 454 g/mol. The number of carbonyl (C=O) groups is 1. The van der Waals surface area contributed by atoms with Crippen molar-refractivity contribution < 1.29 is 9.21 Å². The van der Waals surface area contributed by atoms with E-state index in [4.69, 9.17) is 4.42 Å². The van der Waals surface area contributed by atoms with E-state index in [1.165, 1.54) is 11.8 Å². The molecule has 0 bridgehead atoms. The number of hydrogen-bond donors (Lipinski definition) is 1. The smallest absolute Gasteiger partial charge is 0.250 e. The van der Waals surface area contributed by atoms with Crippen LogP contribution in [-0.4, -0.2) is 32.1 Å². The Morgan fingerprint density at radius 3 is 2.69 bits per heavy atom. The van der Waals surface area contributed by atoms with Crippen molar-refractivity contribution in [2.75, 3.05) is 5.75 Å². The number of nitrogens with one attached hydrogen (secondary N) is 1. The fraction of sp³-hybridized carbons (Fsp3) is 0.200. The zero-order chi connectivity index (χ0) is 20.8. The Hall–Kier alpha value is -2.65. The summed E-state index contributed by atoms with van der Waals surface area (Å²) in [6.45, 7) is 8.26. The summed E-state index contributed by atoms with van der Waals surface area (Å²) in [6.07, 6.45) is 1.56. The molecule has 9 heteroatoms. The monoisotopic (exact) mass is 473 g/mol. The van der Waals surface area contributed by atoms with Crippen molar-refractivity contribution in [1.29, 1.82) is 0 Å². The standard InChI is InChI=1S/C20H20BrN5O2S/c1-13(2)11-26-19(15-6-8-16(21)9-7-15)24-25-20(26)29-12-18(27)23-22-14(3)17-5-4-10-28-17/h4-10H,1,11-12H2,2-3H3,(H,23,27)/b22-14+. The molecule has 1 N–H and O–H groups in total. The van der Waals surface area contributed by atoms with E-state index in [1.807, 2.05) is 35.8 Å². The Balaban J connectivity index is 1.70. The molecule has 0 saturated carbocycles. The fourth-order valence-electron chi connectivity index (χ4n) is 2.47. The van der Waals surface area contributed by atoms with Crippen molar-refractivity contribution in [3.8, 4) is 11.4 Å². The third kappa shape index (κ3) is 5.68. The summed E-state index contributed by atoms with van der Waals surface area (Å²) in [5.74, 6) is 1.26. The van der Waals surface area contributed by atoms with Crippen LogP contribution in [0.4, 0.5) is 0 Å². The summed E-state index contributed by atoms with van der Waals surface area (Å²) in [5.41, 5.74) is 5.04. The lowest BCUT2D eigenvalue weighted by Crippen LogP contribution is -2.21. The molecule has 0 saturated heterocycles. The van der Waals surface area contributed by atoms with Gasteiger partial charge in [0.15, 0.2) is 11.0 Å². The summed E-state index contributed by atoms with van der Waals surface area (Å²) < 4.78 is 8.19. The summed E-state index contributed by atoms with van der Waals surface area (Å²) in [7, 11) is 0. The van der Waals surface area contributed by atoms with Gasteiger partial charge in [0.2, 0.25) is 0 Å². The minimum absolute atomic E-state index is 0.156. The number of carbonyl (C=O) groups excluding carboxylic acids is 1. The number of furan rings is 1. The van der Waals surface area contributed by atoms with E-state index in [0.717, 1.165) is 21.4 Å². The lowest BCUT2D eigenvalue weighted by molar-refractivity contribution is -0.118. The second kappa shape index (κ2) is 9.71. The minimum atomic E-state index is -0.240. The summed E-state index contributed by atoms with van der Waals surface area (Å²) in [5, 5.41) is 13.3. The first-order valence-electron chi connectivity index (χ1n) is 8.77. The summed E-state index contributed by atoms with van der Waals surface area (Å²) in [6, 6.07) is 11.4. The Morgan fingerprint density at radius 2 is 2.03 bits per heavy atom. The molecule has 2 heterocycles. The zero-order valence-electron chi connectivity index (χ0n) is 16.1. The fourth-order valence-corrected chi connectivity index (χ4v) is 3.46. The second-order valence-corrected chi connectivity index (χ2v) is 8.21. The van der Waals surface area contributed by atoms with Gasteiger partial charge in [-0.15, -0.1) is 10.2 Å². The average Bonchev–Trinajstić information content (AvgIpc) is 3.35. The number of hydrazone groups is 1. The van der Waals surface area contributed by atoms with Crippen LogP contribution in [0.3, 0.4) is 0 Å². The summed E-state index contributed by atoms with van der Waals surface area (Å²) in [4.78, 5) is 12.2. The van der Waals surface area contributed by atoms with Crippen LogP contribution in [0.2, 0.25) is 0 Å². The molecule has 3 rings (SSSR count). The molecule has 0 aliphatic rings. The lowest BCUT2D eigenvalue weighted by atomic mass is 10.2. The van der Waals surface area contributed by atoms with Gasteiger partial charge in [-0.3, -0.25) is 9.36 Å². The molecule has 0 radical (unpaired) electrons. The molecule has 0 aliphatic carbocycles. The van der Waals surface area contributed by atoms with Gasteiger partial charge in [-0.1, -0.05) is 52.0 Å². The highest BCUT2D eigenvalue weighted by Gasteiger charge is 2.16. The molecule has 150 valence electrons. The van der Waals surface area contributed by atoms with E-state index in [0.29, 0.717) is 23.2 Å². The van der Waals surface area contributed by atoms with Gasteiger partial charge in [0.05, 0.1) is 12.0 Å². The van der Waals surface area contributed by atoms with E-state index in [-0.39, 0.29) is 11.7 Å². The van der Waals surface area contributed by atoms with Gasteiger partial charge in [0.1, 0.15) is 11.5 Å². The van der Waals surface area contributed by atoms with Crippen LogP contribution in [0, 0.1) is 0 Å². The first-order chi connectivity index (χ1) is 13.9. The maximum atomic E-state index is 12.2. The molecule has 1 aromatic carbocycles. The Bertz CT molecular complexity index is 1030. The van der Waals surface area contributed by atoms with Crippen LogP contribution >= 0.6 is 27.7 Å². The Labute approximate surface area is 181 Å². The highest BCUT2D eigenvalue weighted by atomic mass is 79.9. The minimum Gasteiger partial charge on any atom is -0.463 e. The van der Waals surface area contributed by atoms with E-state index in [1.54, 1.807) is 25.3 Å². The van der Waals surface area contributed by atoms with E-state index in [9.17, 15) is 4.79 Å². The maximum Gasteiger partial charge on any atom is 0.250 e. The molecule has 0 spiro atoms. The Morgan fingerprint density at radius 1 is 1.28 bits per heavy atom. The predicted molar refractivity (Wildman–Crippen MR) is 118 cm³/mol. The number of aromatic nitrogens is 3. The van der Waals surface area contributed by atoms with Crippen molar-refractivity contribution in [2.24, 2.45) is 5.10 Å². The van der Waals surface area contributed by atoms with Crippen LogP contribution in [0.5, 0.6) is 0 Å². The molecular formula is C20H20BrN5O2S. The molecule has 0 fully saturated rings. The van der Waals surface area contributed by atoms with Gasteiger partial charge in [-0.25, -0.2) is 5.43 Å². The lowest BCUT2D eigenvalue weighted by Gasteiger charge is -2.10. The number of thioether (sulfide) groups is 1. The highest BCUT2D eigenvalue weighted by Crippen LogP contribution is 2.26. The highest BCUT2D eigenvalue weighted by molar-refractivity contribution is 9.10. The van der Waals surface area contributed by atoms with Crippen molar-refractivity contribution in [3.05, 3.63) is 65.0 Å². The van der Waals surface area contributed by atoms with Gasteiger partial charge >= 0.3 is 0 Å². The number of amides is 1. The van der Waals surface area contributed by atoms with Crippen molar-refractivity contribution in [1.82, 2.24) is 20.2 Å². The van der Waals surface area contributed by atoms with Gasteiger partial charge in [0, 0.05) is 16.6 Å². The maximum absolute atomic E-state index is 12.2. The first kappa shape index (κ1) is 21.1. The Kier molecular flexibility index (Phi) is 7.05. The van der Waals surface area contributed by atoms with E-state index >= 15 is 0 Å². The molecule has 1 amide bonds. The number of rotatable bonds is 8. The molecule has 0 unspecified atom stereocenters. The number of allylic oxidation sites excluding steroid dienone is 1.